The van der Waals surface area contributed by atoms with Crippen LogP contribution in [0, 0.1) is 0 Å². The van der Waals surface area contributed by atoms with Crippen LogP contribution in [0.1, 0.15) is 31.4 Å². The summed E-state index contributed by atoms with van der Waals surface area (Å²) in [6.07, 6.45) is 3.19. The fourth-order valence-electron chi connectivity index (χ4n) is 2.21. The van der Waals surface area contributed by atoms with Crippen LogP contribution >= 0.6 is 11.6 Å². The Hall–Kier alpha value is -0.640. The Morgan fingerprint density at radius 2 is 2.12 bits per heavy atom. The Morgan fingerprint density at radius 3 is 2.69 bits per heavy atom. The lowest BCUT2D eigenvalue weighted by Crippen LogP contribution is -2.45. The third-order valence-corrected chi connectivity index (χ3v) is 3.69. The number of pyridine rings is 1. The zero-order valence-electron chi connectivity index (χ0n) is 9.41. The van der Waals surface area contributed by atoms with E-state index in [2.05, 4.69) is 10.3 Å². The van der Waals surface area contributed by atoms with Gasteiger partial charge in [-0.2, -0.15) is 0 Å². The number of piperidine rings is 1. The summed E-state index contributed by atoms with van der Waals surface area (Å²) in [6.45, 7) is 3.77. The lowest BCUT2D eigenvalue weighted by atomic mass is 9.79. The highest BCUT2D eigenvalue weighted by Gasteiger charge is 2.36. The minimum atomic E-state index is -0.633. The molecule has 2 rings (SSSR count). The maximum Gasteiger partial charge on any atom is 0.0752 e. The van der Waals surface area contributed by atoms with Gasteiger partial charge < -0.3 is 10.4 Å². The van der Waals surface area contributed by atoms with Crippen LogP contribution < -0.4 is 5.32 Å². The van der Waals surface area contributed by atoms with Gasteiger partial charge in [0, 0.05) is 17.8 Å². The van der Waals surface area contributed by atoms with E-state index in [0.29, 0.717) is 5.02 Å². The first kappa shape index (κ1) is 11.8. The van der Waals surface area contributed by atoms with E-state index in [1.54, 1.807) is 6.20 Å². The summed E-state index contributed by atoms with van der Waals surface area (Å²) < 4.78 is 0. The van der Waals surface area contributed by atoms with Crippen molar-refractivity contribution in [1.29, 1.82) is 0 Å². The predicted octanol–water partition coefficient (Wildman–Crippen LogP) is 1.95. The lowest BCUT2D eigenvalue weighted by molar-refractivity contribution is -0.0118. The topological polar surface area (TPSA) is 45.2 Å². The molecule has 0 aromatic carbocycles. The number of aromatic nitrogens is 1. The molecule has 0 spiro atoms. The van der Waals surface area contributed by atoms with Gasteiger partial charge in [-0.3, -0.25) is 4.98 Å². The van der Waals surface area contributed by atoms with Crippen LogP contribution in [-0.4, -0.2) is 28.8 Å². The predicted molar refractivity (Wildman–Crippen MR) is 64.7 cm³/mol. The first-order chi connectivity index (χ1) is 7.62. The van der Waals surface area contributed by atoms with Gasteiger partial charge in [0.25, 0.3) is 0 Å². The molecule has 1 saturated heterocycles. The smallest absolute Gasteiger partial charge is 0.0752 e. The van der Waals surface area contributed by atoms with Crippen molar-refractivity contribution in [2.75, 3.05) is 13.1 Å². The number of nitrogens with zero attached hydrogens (tertiary/aromatic N) is 1. The van der Waals surface area contributed by atoms with E-state index in [1.165, 1.54) is 0 Å². The van der Waals surface area contributed by atoms with E-state index >= 15 is 0 Å². The third kappa shape index (κ3) is 2.37. The Kier molecular flexibility index (Phi) is 3.47. The van der Waals surface area contributed by atoms with E-state index in [-0.39, 0.29) is 5.92 Å². The van der Waals surface area contributed by atoms with Crippen LogP contribution in [0.5, 0.6) is 0 Å². The first-order valence-electron chi connectivity index (χ1n) is 5.66. The summed E-state index contributed by atoms with van der Waals surface area (Å²) in [7, 11) is 0. The quantitative estimate of drug-likeness (QED) is 0.831. The SMILES string of the molecule is C[C@H](c1ccc(Cl)cn1)C1(O)CCNCC1. The summed E-state index contributed by atoms with van der Waals surface area (Å²) in [5, 5.41) is 14.4. The largest absolute Gasteiger partial charge is 0.389 e. The van der Waals surface area contributed by atoms with Gasteiger partial charge in [0.2, 0.25) is 0 Å². The molecule has 0 radical (unpaired) electrons. The van der Waals surface area contributed by atoms with Gasteiger partial charge in [0.15, 0.2) is 0 Å². The molecule has 1 atom stereocenters. The van der Waals surface area contributed by atoms with Crippen molar-refractivity contribution < 1.29 is 5.11 Å². The second-order valence-electron chi connectivity index (χ2n) is 4.48. The normalized spacial score (nSPS) is 21.7. The van der Waals surface area contributed by atoms with Gasteiger partial charge in [-0.25, -0.2) is 0 Å². The summed E-state index contributed by atoms with van der Waals surface area (Å²) in [4.78, 5) is 4.29. The number of hydrogen-bond donors (Lipinski definition) is 2. The fourth-order valence-corrected chi connectivity index (χ4v) is 2.32. The van der Waals surface area contributed by atoms with Gasteiger partial charge >= 0.3 is 0 Å². The van der Waals surface area contributed by atoms with E-state index in [4.69, 9.17) is 11.6 Å². The number of halogens is 1. The molecule has 1 aliphatic heterocycles. The number of hydrogen-bond acceptors (Lipinski definition) is 3. The Labute approximate surface area is 101 Å². The Morgan fingerprint density at radius 1 is 1.44 bits per heavy atom. The van der Waals surface area contributed by atoms with Crippen LogP contribution in [0.25, 0.3) is 0 Å². The average molecular weight is 241 g/mol. The molecule has 4 heteroatoms. The van der Waals surface area contributed by atoms with Crippen molar-refractivity contribution in [3.8, 4) is 0 Å². The second kappa shape index (κ2) is 4.70. The van der Waals surface area contributed by atoms with E-state index in [9.17, 15) is 5.11 Å². The maximum absolute atomic E-state index is 10.5. The van der Waals surface area contributed by atoms with Crippen molar-refractivity contribution in [3.05, 3.63) is 29.0 Å². The van der Waals surface area contributed by atoms with Crippen LogP contribution in [0.4, 0.5) is 0 Å². The molecule has 16 heavy (non-hydrogen) atoms. The van der Waals surface area contributed by atoms with Crippen LogP contribution in [-0.2, 0) is 0 Å². The molecule has 0 aliphatic carbocycles. The highest BCUT2D eigenvalue weighted by molar-refractivity contribution is 6.30. The zero-order chi connectivity index (χ0) is 11.6. The molecule has 1 aromatic rings. The molecule has 2 N–H and O–H groups in total. The molecule has 0 amide bonds. The summed E-state index contributed by atoms with van der Waals surface area (Å²) >= 11 is 5.80. The highest BCUT2D eigenvalue weighted by atomic mass is 35.5. The molecule has 3 nitrogen and oxygen atoms in total. The Balaban J connectivity index is 2.16. The molecule has 2 heterocycles. The standard InChI is InChI=1S/C12H17ClN2O/c1-9(11-3-2-10(13)8-15-11)12(16)4-6-14-7-5-12/h2-3,8-9,14,16H,4-7H2,1H3/t9-/m1/s1. The van der Waals surface area contributed by atoms with Gasteiger partial charge in [0.1, 0.15) is 0 Å². The number of nitrogens with one attached hydrogen (secondary N) is 1. The molecule has 1 aromatic heterocycles. The zero-order valence-corrected chi connectivity index (χ0v) is 10.2. The number of aliphatic hydroxyl groups is 1. The second-order valence-corrected chi connectivity index (χ2v) is 4.91. The molecule has 88 valence electrons. The molecular weight excluding hydrogens is 224 g/mol. The summed E-state index contributed by atoms with van der Waals surface area (Å²) in [6, 6.07) is 3.72. The lowest BCUT2D eigenvalue weighted by Gasteiger charge is -2.37. The number of rotatable bonds is 2. The maximum atomic E-state index is 10.5. The summed E-state index contributed by atoms with van der Waals surface area (Å²) in [5.74, 6) is 0.0480. The van der Waals surface area contributed by atoms with Crippen molar-refractivity contribution in [2.45, 2.75) is 31.3 Å². The van der Waals surface area contributed by atoms with Crippen LogP contribution in [0.15, 0.2) is 18.3 Å². The monoisotopic (exact) mass is 240 g/mol. The molecular formula is C12H17ClN2O. The minimum absolute atomic E-state index is 0.0480. The van der Waals surface area contributed by atoms with Crippen molar-refractivity contribution in [2.24, 2.45) is 0 Å². The van der Waals surface area contributed by atoms with E-state index < -0.39 is 5.60 Å². The van der Waals surface area contributed by atoms with Crippen LogP contribution in [0.2, 0.25) is 5.02 Å². The van der Waals surface area contributed by atoms with E-state index in [0.717, 1.165) is 31.6 Å². The highest BCUT2D eigenvalue weighted by Crippen LogP contribution is 2.33. The molecule has 1 aliphatic rings. The molecule has 0 bridgehead atoms. The molecule has 0 saturated carbocycles. The van der Waals surface area contributed by atoms with Crippen molar-refractivity contribution >= 4 is 11.6 Å². The average Bonchev–Trinajstić information content (AvgIpc) is 2.30. The summed E-state index contributed by atoms with van der Waals surface area (Å²) in [5.41, 5.74) is 0.278. The fraction of sp³-hybridized carbons (Fsp3) is 0.583. The molecule has 1 fully saturated rings. The first-order valence-corrected chi connectivity index (χ1v) is 6.04. The Bertz CT molecular complexity index is 347. The van der Waals surface area contributed by atoms with Gasteiger partial charge in [-0.05, 0) is 38.1 Å². The molecule has 0 unspecified atom stereocenters. The van der Waals surface area contributed by atoms with Crippen molar-refractivity contribution in [3.63, 3.8) is 0 Å². The van der Waals surface area contributed by atoms with Crippen molar-refractivity contribution in [1.82, 2.24) is 10.3 Å². The van der Waals surface area contributed by atoms with Gasteiger partial charge in [-0.15, -0.1) is 0 Å². The minimum Gasteiger partial charge on any atom is -0.389 e. The van der Waals surface area contributed by atoms with Gasteiger partial charge in [-0.1, -0.05) is 18.5 Å². The van der Waals surface area contributed by atoms with E-state index in [1.807, 2.05) is 19.1 Å². The van der Waals surface area contributed by atoms with Crippen LogP contribution in [0.3, 0.4) is 0 Å². The third-order valence-electron chi connectivity index (χ3n) is 3.47. The van der Waals surface area contributed by atoms with Gasteiger partial charge in [0.05, 0.1) is 10.6 Å².